The summed E-state index contributed by atoms with van der Waals surface area (Å²) in [6.07, 6.45) is 0.184. The molecule has 116 valence electrons. The maximum atomic E-state index is 11.8. The van der Waals surface area contributed by atoms with Crippen LogP contribution in [0.25, 0.3) is 0 Å². The lowest BCUT2D eigenvalue weighted by Crippen LogP contribution is -2.38. The van der Waals surface area contributed by atoms with Crippen LogP contribution < -0.4 is 16.0 Å². The van der Waals surface area contributed by atoms with Crippen molar-refractivity contribution >= 4 is 29.2 Å². The molecule has 0 heterocycles. The van der Waals surface area contributed by atoms with Crippen LogP contribution in [0, 0.1) is 6.92 Å². The Bertz CT molecular complexity index is 494. The highest BCUT2D eigenvalue weighted by Gasteiger charge is 2.07. The Morgan fingerprint density at radius 1 is 1.24 bits per heavy atom. The number of benzene rings is 1. The number of ether oxygens (including phenoxy) is 1. The molecule has 0 aliphatic carbocycles. The number of carbonyl (C=O) groups is 2. The van der Waals surface area contributed by atoms with E-state index >= 15 is 0 Å². The summed E-state index contributed by atoms with van der Waals surface area (Å²) < 4.78 is 4.80. The predicted molar refractivity (Wildman–Crippen MR) is 82.7 cm³/mol. The van der Waals surface area contributed by atoms with Gasteiger partial charge in [0.1, 0.15) is 0 Å². The fourth-order valence-corrected chi connectivity index (χ4v) is 1.75. The van der Waals surface area contributed by atoms with Gasteiger partial charge in [0.05, 0.1) is 6.61 Å². The Hall–Kier alpha value is -1.79. The molecule has 3 N–H and O–H groups in total. The van der Waals surface area contributed by atoms with Gasteiger partial charge in [-0.25, -0.2) is 4.79 Å². The zero-order valence-electron chi connectivity index (χ0n) is 12.2. The van der Waals surface area contributed by atoms with E-state index in [1.54, 1.807) is 25.3 Å². The third-order valence-electron chi connectivity index (χ3n) is 2.77. The van der Waals surface area contributed by atoms with Gasteiger partial charge < -0.3 is 20.7 Å². The molecule has 0 atom stereocenters. The number of hydrogen-bond donors (Lipinski definition) is 3. The number of amides is 3. The maximum absolute atomic E-state index is 11.8. The molecule has 0 bridgehead atoms. The van der Waals surface area contributed by atoms with Crippen molar-refractivity contribution in [1.82, 2.24) is 10.6 Å². The Morgan fingerprint density at radius 3 is 2.67 bits per heavy atom. The van der Waals surface area contributed by atoms with E-state index in [9.17, 15) is 9.59 Å². The summed E-state index contributed by atoms with van der Waals surface area (Å²) >= 11 is 5.98. The van der Waals surface area contributed by atoms with Gasteiger partial charge in [-0.15, -0.1) is 0 Å². The molecule has 0 unspecified atom stereocenters. The van der Waals surface area contributed by atoms with Crippen LogP contribution in [0.2, 0.25) is 5.02 Å². The molecular formula is C14H20ClN3O3. The van der Waals surface area contributed by atoms with Crippen molar-refractivity contribution in [3.63, 3.8) is 0 Å². The van der Waals surface area contributed by atoms with Gasteiger partial charge in [0, 0.05) is 37.3 Å². The molecular weight excluding hydrogens is 294 g/mol. The Morgan fingerprint density at radius 2 is 1.95 bits per heavy atom. The summed E-state index contributed by atoms with van der Waals surface area (Å²) in [6.45, 7) is 2.96. The Labute approximate surface area is 129 Å². The van der Waals surface area contributed by atoms with Gasteiger partial charge in [0.2, 0.25) is 5.91 Å². The number of halogens is 1. The average molecular weight is 314 g/mol. The number of rotatable bonds is 7. The van der Waals surface area contributed by atoms with Crippen molar-refractivity contribution in [1.29, 1.82) is 0 Å². The molecule has 21 heavy (non-hydrogen) atoms. The molecule has 1 aromatic carbocycles. The molecule has 7 heteroatoms. The van der Waals surface area contributed by atoms with Gasteiger partial charge >= 0.3 is 6.03 Å². The van der Waals surface area contributed by atoms with Gasteiger partial charge in [-0.3, -0.25) is 4.79 Å². The Kier molecular flexibility index (Phi) is 7.56. The standard InChI is InChI=1S/C14H20ClN3O3/c1-10-11(15)4-3-5-12(10)18-13(19)6-7-16-14(20)17-8-9-21-2/h3-5H,6-9H2,1-2H3,(H,18,19)(H2,16,17,20). The van der Waals surface area contributed by atoms with E-state index in [0.29, 0.717) is 23.9 Å². The molecule has 0 aromatic heterocycles. The first-order valence-corrected chi connectivity index (χ1v) is 6.98. The SMILES string of the molecule is COCCNC(=O)NCCC(=O)Nc1cccc(Cl)c1C. The summed E-state index contributed by atoms with van der Waals surface area (Å²) in [7, 11) is 1.56. The lowest BCUT2D eigenvalue weighted by atomic mass is 10.2. The van der Waals surface area contributed by atoms with Gasteiger partial charge in [-0.05, 0) is 24.6 Å². The molecule has 0 radical (unpaired) electrons. The molecule has 1 rings (SSSR count). The first-order chi connectivity index (χ1) is 10.0. The highest BCUT2D eigenvalue weighted by atomic mass is 35.5. The second-order valence-corrected chi connectivity index (χ2v) is 4.79. The number of hydrogen-bond acceptors (Lipinski definition) is 3. The lowest BCUT2D eigenvalue weighted by molar-refractivity contribution is -0.116. The van der Waals surface area contributed by atoms with E-state index in [1.807, 2.05) is 6.92 Å². The number of nitrogens with one attached hydrogen (secondary N) is 3. The van der Waals surface area contributed by atoms with E-state index in [0.717, 1.165) is 5.56 Å². The fraction of sp³-hybridized carbons (Fsp3) is 0.429. The topological polar surface area (TPSA) is 79.5 Å². The van der Waals surface area contributed by atoms with Crippen molar-refractivity contribution in [2.45, 2.75) is 13.3 Å². The van der Waals surface area contributed by atoms with E-state index in [-0.39, 0.29) is 24.9 Å². The van der Waals surface area contributed by atoms with Crippen LogP contribution in [-0.4, -0.2) is 38.7 Å². The van der Waals surface area contributed by atoms with E-state index in [2.05, 4.69) is 16.0 Å². The molecule has 0 saturated heterocycles. The minimum atomic E-state index is -0.321. The van der Waals surface area contributed by atoms with E-state index < -0.39 is 0 Å². The van der Waals surface area contributed by atoms with Crippen LogP contribution in [0.3, 0.4) is 0 Å². The zero-order chi connectivity index (χ0) is 15.7. The second kappa shape index (κ2) is 9.20. The summed E-state index contributed by atoms with van der Waals surface area (Å²) in [5.41, 5.74) is 1.50. The minimum Gasteiger partial charge on any atom is -0.383 e. The molecule has 3 amide bonds. The average Bonchev–Trinajstić information content (AvgIpc) is 2.44. The smallest absolute Gasteiger partial charge is 0.314 e. The molecule has 1 aromatic rings. The number of urea groups is 1. The number of methoxy groups -OCH3 is 1. The first-order valence-electron chi connectivity index (χ1n) is 6.60. The third kappa shape index (κ3) is 6.46. The lowest BCUT2D eigenvalue weighted by Gasteiger charge is -2.10. The molecule has 0 spiro atoms. The first kappa shape index (κ1) is 17.3. The van der Waals surface area contributed by atoms with E-state index in [1.165, 1.54) is 0 Å². The van der Waals surface area contributed by atoms with Gasteiger partial charge in [0.25, 0.3) is 0 Å². The number of anilines is 1. The van der Waals surface area contributed by atoms with Crippen LogP contribution in [0.4, 0.5) is 10.5 Å². The van der Waals surface area contributed by atoms with Crippen molar-refractivity contribution in [3.05, 3.63) is 28.8 Å². The van der Waals surface area contributed by atoms with E-state index in [4.69, 9.17) is 16.3 Å². The van der Waals surface area contributed by atoms with Crippen LogP contribution in [0.15, 0.2) is 18.2 Å². The van der Waals surface area contributed by atoms with Gasteiger partial charge in [-0.2, -0.15) is 0 Å². The molecule has 0 saturated carbocycles. The molecule has 0 aliphatic heterocycles. The quantitative estimate of drug-likeness (QED) is 0.673. The third-order valence-corrected chi connectivity index (χ3v) is 3.18. The van der Waals surface area contributed by atoms with Gasteiger partial charge in [-0.1, -0.05) is 17.7 Å². The minimum absolute atomic E-state index is 0.183. The van der Waals surface area contributed by atoms with Crippen LogP contribution in [0.5, 0.6) is 0 Å². The highest BCUT2D eigenvalue weighted by molar-refractivity contribution is 6.31. The summed E-state index contributed by atoms with van der Waals surface area (Å²) in [5, 5.41) is 8.55. The normalized spacial score (nSPS) is 10.0. The highest BCUT2D eigenvalue weighted by Crippen LogP contribution is 2.22. The van der Waals surface area contributed by atoms with Crippen molar-refractivity contribution < 1.29 is 14.3 Å². The van der Waals surface area contributed by atoms with Gasteiger partial charge in [0.15, 0.2) is 0 Å². The fourth-order valence-electron chi connectivity index (χ4n) is 1.57. The summed E-state index contributed by atoms with van der Waals surface area (Å²) in [6, 6.07) is 4.99. The molecule has 0 fully saturated rings. The molecule has 0 aliphatic rings. The van der Waals surface area contributed by atoms with Crippen molar-refractivity contribution in [2.75, 3.05) is 32.1 Å². The van der Waals surface area contributed by atoms with Crippen molar-refractivity contribution in [2.24, 2.45) is 0 Å². The second-order valence-electron chi connectivity index (χ2n) is 4.39. The number of carbonyl (C=O) groups excluding carboxylic acids is 2. The zero-order valence-corrected chi connectivity index (χ0v) is 12.9. The largest absolute Gasteiger partial charge is 0.383 e. The maximum Gasteiger partial charge on any atom is 0.314 e. The summed E-state index contributed by atoms with van der Waals surface area (Å²) in [5.74, 6) is -0.183. The summed E-state index contributed by atoms with van der Waals surface area (Å²) in [4.78, 5) is 23.1. The van der Waals surface area contributed by atoms with Crippen LogP contribution >= 0.6 is 11.6 Å². The predicted octanol–water partition coefficient (Wildman–Crippen LogP) is 1.92. The van der Waals surface area contributed by atoms with Crippen LogP contribution in [-0.2, 0) is 9.53 Å². The van der Waals surface area contributed by atoms with Crippen molar-refractivity contribution in [3.8, 4) is 0 Å². The molecule has 6 nitrogen and oxygen atoms in total. The monoisotopic (exact) mass is 313 g/mol. The van der Waals surface area contributed by atoms with Crippen LogP contribution in [0.1, 0.15) is 12.0 Å². The Balaban J connectivity index is 2.28.